The van der Waals surface area contributed by atoms with Gasteiger partial charge in [-0.1, -0.05) is 0 Å². The largest absolute Gasteiger partial charge is 0.491 e. The predicted molar refractivity (Wildman–Crippen MR) is 124 cm³/mol. The number of sulfonamides is 1. The summed E-state index contributed by atoms with van der Waals surface area (Å²) in [5, 5.41) is 5.23. The molecule has 1 aromatic heterocycles. The van der Waals surface area contributed by atoms with E-state index < -0.39 is 27.7 Å². The first-order chi connectivity index (χ1) is 17.1. The van der Waals surface area contributed by atoms with E-state index in [4.69, 9.17) is 9.47 Å². The Bertz CT molecular complexity index is 1240. The molecule has 0 unspecified atom stereocenters. The SMILES string of the molecule is COCCOc1ccc(S(=O)(=O)NCCNc2nc(Nc3ccc(F)cc3)cc(C(F)(F)F)n2)cc1. The summed E-state index contributed by atoms with van der Waals surface area (Å²) in [5.41, 5.74) is -0.893. The standard InChI is InChI=1S/C22H23F4N5O4S/c1-34-12-13-35-17-6-8-18(9-7-17)36(32,33)28-11-10-27-21-30-19(22(24,25)26)14-20(31-21)29-16-4-2-15(23)3-5-16/h2-9,14,28H,10-13H2,1H3,(H2,27,29,30,31). The van der Waals surface area contributed by atoms with Crippen molar-refractivity contribution >= 4 is 27.5 Å². The molecule has 3 aromatic rings. The molecule has 3 N–H and O–H groups in total. The molecule has 0 amide bonds. The molecule has 0 bridgehead atoms. The molecule has 3 rings (SSSR count). The number of aromatic nitrogens is 2. The van der Waals surface area contributed by atoms with E-state index in [1.165, 1.54) is 43.5 Å². The van der Waals surface area contributed by atoms with Crippen molar-refractivity contribution in [1.29, 1.82) is 0 Å². The molecule has 0 aliphatic heterocycles. The molecule has 0 radical (unpaired) electrons. The minimum atomic E-state index is -4.75. The van der Waals surface area contributed by atoms with Crippen molar-refractivity contribution in [2.45, 2.75) is 11.1 Å². The van der Waals surface area contributed by atoms with Crippen LogP contribution in [0.3, 0.4) is 0 Å². The Morgan fingerprint density at radius 1 is 0.944 bits per heavy atom. The third-order valence-corrected chi connectivity index (χ3v) is 6.00. The maximum absolute atomic E-state index is 13.3. The van der Waals surface area contributed by atoms with Gasteiger partial charge in [0.05, 0.1) is 11.5 Å². The zero-order valence-electron chi connectivity index (χ0n) is 19.0. The summed E-state index contributed by atoms with van der Waals surface area (Å²) in [4.78, 5) is 7.40. The minimum absolute atomic E-state index is 0.0114. The minimum Gasteiger partial charge on any atom is -0.491 e. The highest BCUT2D eigenvalue weighted by atomic mass is 32.2. The summed E-state index contributed by atoms with van der Waals surface area (Å²) in [5.74, 6) is -0.583. The van der Waals surface area contributed by atoms with Crippen LogP contribution in [0.4, 0.5) is 35.0 Å². The molecule has 9 nitrogen and oxygen atoms in total. The molecule has 0 aliphatic rings. The highest BCUT2D eigenvalue weighted by Gasteiger charge is 2.33. The van der Waals surface area contributed by atoms with Crippen molar-refractivity contribution in [1.82, 2.24) is 14.7 Å². The fourth-order valence-electron chi connectivity index (χ4n) is 2.82. The number of hydrogen-bond donors (Lipinski definition) is 3. The highest BCUT2D eigenvalue weighted by Crippen LogP contribution is 2.30. The molecule has 0 saturated carbocycles. The van der Waals surface area contributed by atoms with E-state index in [1.54, 1.807) is 0 Å². The second kappa shape index (κ2) is 12.0. The van der Waals surface area contributed by atoms with E-state index in [-0.39, 0.29) is 29.8 Å². The quantitative estimate of drug-likeness (QED) is 0.240. The molecule has 194 valence electrons. The van der Waals surface area contributed by atoms with Gasteiger partial charge in [-0.2, -0.15) is 18.2 Å². The number of hydrogen-bond acceptors (Lipinski definition) is 8. The number of benzene rings is 2. The van der Waals surface area contributed by atoms with Gasteiger partial charge in [-0.15, -0.1) is 0 Å². The lowest BCUT2D eigenvalue weighted by atomic mass is 10.3. The zero-order chi connectivity index (χ0) is 26.2. The van der Waals surface area contributed by atoms with Gasteiger partial charge in [0.25, 0.3) is 0 Å². The first-order valence-corrected chi connectivity index (χ1v) is 12.0. The molecule has 14 heteroatoms. The van der Waals surface area contributed by atoms with Crippen LogP contribution in [0, 0.1) is 5.82 Å². The van der Waals surface area contributed by atoms with Gasteiger partial charge >= 0.3 is 6.18 Å². The number of alkyl halides is 3. The lowest BCUT2D eigenvalue weighted by Crippen LogP contribution is -2.29. The van der Waals surface area contributed by atoms with Crippen LogP contribution in [0.1, 0.15) is 5.69 Å². The molecular weight excluding hydrogens is 506 g/mol. The Hall–Kier alpha value is -3.49. The molecule has 0 saturated heterocycles. The lowest BCUT2D eigenvalue weighted by molar-refractivity contribution is -0.141. The number of anilines is 3. The van der Waals surface area contributed by atoms with E-state index in [9.17, 15) is 26.0 Å². The van der Waals surface area contributed by atoms with Gasteiger partial charge in [0.15, 0.2) is 5.69 Å². The van der Waals surface area contributed by atoms with E-state index >= 15 is 0 Å². The number of halogens is 4. The van der Waals surface area contributed by atoms with Crippen LogP contribution in [-0.4, -0.2) is 51.8 Å². The Labute approximate surface area is 204 Å². The number of nitrogens with zero attached hydrogens (tertiary/aromatic N) is 2. The topological polar surface area (TPSA) is 114 Å². The van der Waals surface area contributed by atoms with Gasteiger partial charge in [-0.3, -0.25) is 0 Å². The second-order valence-corrected chi connectivity index (χ2v) is 9.00. The molecule has 36 heavy (non-hydrogen) atoms. The lowest BCUT2D eigenvalue weighted by Gasteiger charge is -2.13. The average Bonchev–Trinajstić information content (AvgIpc) is 2.83. The van der Waals surface area contributed by atoms with Crippen LogP contribution < -0.4 is 20.1 Å². The normalized spacial score (nSPS) is 11.8. The maximum atomic E-state index is 13.3. The summed E-state index contributed by atoms with van der Waals surface area (Å²) < 4.78 is 90.5. The number of rotatable bonds is 12. The van der Waals surface area contributed by atoms with Crippen LogP contribution in [0.15, 0.2) is 59.5 Å². The third kappa shape index (κ3) is 8.03. The van der Waals surface area contributed by atoms with Gasteiger partial charge < -0.3 is 20.1 Å². The van der Waals surface area contributed by atoms with Crippen LogP contribution in [0.25, 0.3) is 0 Å². The van der Waals surface area contributed by atoms with Crippen LogP contribution in [-0.2, 0) is 20.9 Å². The third-order valence-electron chi connectivity index (χ3n) is 4.52. The second-order valence-electron chi connectivity index (χ2n) is 7.23. The summed E-state index contributed by atoms with van der Waals surface area (Å²) >= 11 is 0. The summed E-state index contributed by atoms with van der Waals surface area (Å²) in [6, 6.07) is 11.4. The van der Waals surface area contributed by atoms with Crippen molar-refractivity contribution < 1.29 is 35.5 Å². The Morgan fingerprint density at radius 3 is 2.28 bits per heavy atom. The van der Waals surface area contributed by atoms with E-state index in [2.05, 4.69) is 25.3 Å². The van der Waals surface area contributed by atoms with Crippen molar-refractivity contribution in [3.63, 3.8) is 0 Å². The number of ether oxygens (including phenoxy) is 2. The fourth-order valence-corrected chi connectivity index (χ4v) is 3.85. The van der Waals surface area contributed by atoms with Crippen molar-refractivity contribution in [2.24, 2.45) is 0 Å². The van der Waals surface area contributed by atoms with E-state index in [0.29, 0.717) is 30.7 Å². The first-order valence-electron chi connectivity index (χ1n) is 10.5. The molecule has 0 atom stereocenters. The van der Waals surface area contributed by atoms with Crippen molar-refractivity contribution in [3.8, 4) is 5.75 Å². The molecule has 0 aliphatic carbocycles. The monoisotopic (exact) mass is 529 g/mol. The number of methoxy groups -OCH3 is 1. The molecule has 2 aromatic carbocycles. The first kappa shape index (κ1) is 27.1. The van der Waals surface area contributed by atoms with Crippen molar-refractivity contribution in [2.75, 3.05) is 44.0 Å². The molecule has 0 fully saturated rings. The maximum Gasteiger partial charge on any atom is 0.433 e. The van der Waals surface area contributed by atoms with E-state index in [1.807, 2.05) is 0 Å². The van der Waals surface area contributed by atoms with E-state index in [0.717, 1.165) is 12.1 Å². The van der Waals surface area contributed by atoms with Crippen LogP contribution in [0.5, 0.6) is 5.75 Å². The summed E-state index contributed by atoms with van der Waals surface area (Å²) in [6.45, 7) is 0.433. The Morgan fingerprint density at radius 2 is 1.64 bits per heavy atom. The Kier molecular flexibility index (Phi) is 9.01. The molecule has 0 spiro atoms. The molecular formula is C22H23F4N5O4S. The van der Waals surface area contributed by atoms with Gasteiger partial charge in [0.1, 0.15) is 24.0 Å². The van der Waals surface area contributed by atoms with Crippen LogP contribution in [0.2, 0.25) is 0 Å². The Balaban J connectivity index is 1.61. The number of nitrogens with one attached hydrogen (secondary N) is 3. The van der Waals surface area contributed by atoms with Crippen molar-refractivity contribution in [3.05, 3.63) is 66.1 Å². The zero-order valence-corrected chi connectivity index (χ0v) is 19.8. The predicted octanol–water partition coefficient (Wildman–Crippen LogP) is 3.79. The highest BCUT2D eigenvalue weighted by molar-refractivity contribution is 7.89. The fraction of sp³-hybridized carbons (Fsp3) is 0.273. The summed E-state index contributed by atoms with van der Waals surface area (Å²) in [7, 11) is -2.34. The van der Waals surface area contributed by atoms with Gasteiger partial charge in [-0.25, -0.2) is 22.5 Å². The smallest absolute Gasteiger partial charge is 0.433 e. The molecule has 1 heterocycles. The summed E-state index contributed by atoms with van der Waals surface area (Å²) in [6.07, 6.45) is -4.75. The van der Waals surface area contributed by atoms with Gasteiger partial charge in [0, 0.05) is 32.0 Å². The van der Waals surface area contributed by atoms with Crippen LogP contribution >= 0.6 is 0 Å². The van der Waals surface area contributed by atoms with Gasteiger partial charge in [0.2, 0.25) is 16.0 Å². The van der Waals surface area contributed by atoms with Gasteiger partial charge in [-0.05, 0) is 48.5 Å². The average molecular weight is 530 g/mol.